The van der Waals surface area contributed by atoms with Crippen molar-refractivity contribution in [2.24, 2.45) is 0 Å². The van der Waals surface area contributed by atoms with Crippen LogP contribution >= 0.6 is 11.6 Å². The number of aliphatic hydroxyl groups is 1. The Bertz CT molecular complexity index is 600. The molecule has 0 aliphatic rings. The third kappa shape index (κ3) is 3.03. The van der Waals surface area contributed by atoms with Gasteiger partial charge in [-0.1, -0.05) is 23.7 Å². The smallest absolute Gasteiger partial charge is 0.201 e. The summed E-state index contributed by atoms with van der Waals surface area (Å²) in [7, 11) is 0. The molecule has 0 aromatic heterocycles. The monoisotopic (exact) mass is 284 g/mol. The quantitative estimate of drug-likeness (QED) is 0.901. The van der Waals surface area contributed by atoms with Crippen LogP contribution in [-0.4, -0.2) is 5.11 Å². The van der Waals surface area contributed by atoms with Crippen LogP contribution in [0.25, 0.3) is 0 Å². The van der Waals surface area contributed by atoms with Gasteiger partial charge in [0.05, 0.1) is 11.1 Å². The molecule has 2 rings (SSSR count). The van der Waals surface area contributed by atoms with Crippen LogP contribution < -0.4 is 4.74 Å². The van der Waals surface area contributed by atoms with Crippen molar-refractivity contribution < 1.29 is 18.6 Å². The second kappa shape index (κ2) is 5.55. The lowest BCUT2D eigenvalue weighted by atomic mass is 10.1. The Balaban J connectivity index is 2.29. The zero-order chi connectivity index (χ0) is 14.0. The summed E-state index contributed by atoms with van der Waals surface area (Å²) in [5.41, 5.74) is 0.536. The highest BCUT2D eigenvalue weighted by Gasteiger charge is 2.12. The summed E-state index contributed by atoms with van der Waals surface area (Å²) in [5, 5.41) is 9.73. The predicted octanol–water partition coefficient (Wildman–Crippen LogP) is 4.46. The van der Waals surface area contributed by atoms with Crippen LogP contribution in [0.4, 0.5) is 8.78 Å². The number of aliphatic hydroxyl groups excluding tert-OH is 1. The number of halogens is 3. The van der Waals surface area contributed by atoms with Crippen LogP contribution in [0.5, 0.6) is 11.5 Å². The lowest BCUT2D eigenvalue weighted by molar-refractivity contribution is 0.199. The van der Waals surface area contributed by atoms with Crippen molar-refractivity contribution in [1.82, 2.24) is 0 Å². The summed E-state index contributed by atoms with van der Waals surface area (Å²) in [4.78, 5) is 0. The summed E-state index contributed by atoms with van der Waals surface area (Å²) in [5.74, 6) is -2.00. The van der Waals surface area contributed by atoms with E-state index in [-0.39, 0.29) is 11.5 Å². The van der Waals surface area contributed by atoms with Gasteiger partial charge in [0.2, 0.25) is 5.82 Å². The maximum Gasteiger partial charge on any atom is 0.201 e. The Hall–Kier alpha value is -1.65. The van der Waals surface area contributed by atoms with Gasteiger partial charge < -0.3 is 9.84 Å². The van der Waals surface area contributed by atoms with Crippen LogP contribution in [-0.2, 0) is 0 Å². The molecule has 1 unspecified atom stereocenters. The van der Waals surface area contributed by atoms with Crippen LogP contribution in [0.1, 0.15) is 18.6 Å². The summed E-state index contributed by atoms with van der Waals surface area (Å²) < 4.78 is 31.7. The van der Waals surface area contributed by atoms with Gasteiger partial charge in [-0.2, -0.15) is 4.39 Å². The van der Waals surface area contributed by atoms with Gasteiger partial charge in [0.1, 0.15) is 5.75 Å². The van der Waals surface area contributed by atoms with E-state index in [2.05, 4.69) is 0 Å². The highest BCUT2D eigenvalue weighted by molar-refractivity contribution is 6.31. The van der Waals surface area contributed by atoms with E-state index >= 15 is 0 Å². The average molecular weight is 285 g/mol. The third-order valence-electron chi connectivity index (χ3n) is 2.57. The van der Waals surface area contributed by atoms with E-state index in [4.69, 9.17) is 16.3 Å². The van der Waals surface area contributed by atoms with Crippen molar-refractivity contribution in [3.63, 3.8) is 0 Å². The predicted molar refractivity (Wildman–Crippen MR) is 68.5 cm³/mol. The van der Waals surface area contributed by atoms with E-state index in [1.165, 1.54) is 24.3 Å². The second-order valence-electron chi connectivity index (χ2n) is 4.01. The first-order chi connectivity index (χ1) is 8.99. The fourth-order valence-corrected chi connectivity index (χ4v) is 1.93. The minimum atomic E-state index is -1.06. The molecule has 5 heteroatoms. The molecule has 0 fully saturated rings. The van der Waals surface area contributed by atoms with E-state index in [0.717, 1.165) is 6.07 Å². The van der Waals surface area contributed by atoms with E-state index in [9.17, 15) is 13.9 Å². The highest BCUT2D eigenvalue weighted by Crippen LogP contribution is 2.31. The molecule has 100 valence electrons. The molecule has 0 aliphatic carbocycles. The number of benzene rings is 2. The van der Waals surface area contributed by atoms with Crippen LogP contribution in [0.2, 0.25) is 5.02 Å². The van der Waals surface area contributed by atoms with Crippen molar-refractivity contribution in [3.8, 4) is 11.5 Å². The SMILES string of the molecule is CC(O)c1ccc(Oc2cccc(F)c2F)cc1Cl. The number of ether oxygens (including phenoxy) is 1. The topological polar surface area (TPSA) is 29.5 Å². The van der Waals surface area contributed by atoms with Crippen molar-refractivity contribution in [1.29, 1.82) is 0 Å². The number of rotatable bonds is 3. The number of hydrogen-bond donors (Lipinski definition) is 1. The average Bonchev–Trinajstić information content (AvgIpc) is 2.34. The van der Waals surface area contributed by atoms with Gasteiger partial charge in [-0.15, -0.1) is 0 Å². The molecule has 0 aliphatic heterocycles. The van der Waals surface area contributed by atoms with Crippen LogP contribution in [0.15, 0.2) is 36.4 Å². The van der Waals surface area contributed by atoms with Gasteiger partial charge in [0.15, 0.2) is 11.6 Å². The summed E-state index contributed by atoms with van der Waals surface area (Å²) in [6.45, 7) is 1.58. The Labute approximate surface area is 114 Å². The molecule has 2 nitrogen and oxygen atoms in total. The second-order valence-corrected chi connectivity index (χ2v) is 4.42. The van der Waals surface area contributed by atoms with Crippen molar-refractivity contribution in [2.75, 3.05) is 0 Å². The zero-order valence-electron chi connectivity index (χ0n) is 10.0. The largest absolute Gasteiger partial charge is 0.454 e. The van der Waals surface area contributed by atoms with Crippen LogP contribution in [0.3, 0.4) is 0 Å². The van der Waals surface area contributed by atoms with E-state index in [1.807, 2.05) is 0 Å². The number of hydrogen-bond acceptors (Lipinski definition) is 2. The first-order valence-corrected chi connectivity index (χ1v) is 5.96. The molecule has 0 bridgehead atoms. The minimum Gasteiger partial charge on any atom is -0.454 e. The van der Waals surface area contributed by atoms with Gasteiger partial charge in [-0.25, -0.2) is 4.39 Å². The fourth-order valence-electron chi connectivity index (χ4n) is 1.60. The molecular weight excluding hydrogens is 274 g/mol. The van der Waals surface area contributed by atoms with Gasteiger partial charge in [0.25, 0.3) is 0 Å². The van der Waals surface area contributed by atoms with Crippen LogP contribution in [0, 0.1) is 11.6 Å². The Morgan fingerprint density at radius 2 is 1.95 bits per heavy atom. The normalized spacial score (nSPS) is 12.3. The molecule has 19 heavy (non-hydrogen) atoms. The first kappa shape index (κ1) is 13.8. The maximum atomic E-state index is 13.4. The molecule has 1 atom stereocenters. The van der Waals surface area contributed by atoms with E-state index < -0.39 is 17.7 Å². The summed E-state index contributed by atoms with van der Waals surface area (Å²) >= 11 is 5.95. The Morgan fingerprint density at radius 1 is 1.21 bits per heavy atom. The zero-order valence-corrected chi connectivity index (χ0v) is 10.8. The fraction of sp³-hybridized carbons (Fsp3) is 0.143. The molecule has 0 radical (unpaired) electrons. The van der Waals surface area contributed by atoms with E-state index in [0.29, 0.717) is 10.6 Å². The van der Waals surface area contributed by atoms with Gasteiger partial charge in [0, 0.05) is 0 Å². The lowest BCUT2D eigenvalue weighted by Gasteiger charge is -2.11. The van der Waals surface area contributed by atoms with Gasteiger partial charge in [-0.3, -0.25) is 0 Å². The molecule has 0 heterocycles. The molecule has 0 amide bonds. The molecule has 0 spiro atoms. The van der Waals surface area contributed by atoms with Gasteiger partial charge in [-0.05, 0) is 36.8 Å². The molecule has 0 saturated carbocycles. The molecule has 2 aromatic rings. The summed E-state index contributed by atoms with van der Waals surface area (Å²) in [6, 6.07) is 8.20. The van der Waals surface area contributed by atoms with Gasteiger partial charge >= 0.3 is 0 Å². The van der Waals surface area contributed by atoms with Crippen molar-refractivity contribution in [2.45, 2.75) is 13.0 Å². The van der Waals surface area contributed by atoms with E-state index in [1.54, 1.807) is 13.0 Å². The Morgan fingerprint density at radius 3 is 2.58 bits per heavy atom. The molecule has 2 aromatic carbocycles. The first-order valence-electron chi connectivity index (χ1n) is 5.58. The minimum absolute atomic E-state index is 0.221. The maximum absolute atomic E-state index is 13.4. The van der Waals surface area contributed by atoms with Crippen molar-refractivity contribution >= 4 is 11.6 Å². The third-order valence-corrected chi connectivity index (χ3v) is 2.89. The lowest BCUT2D eigenvalue weighted by Crippen LogP contribution is -1.94. The Kier molecular flexibility index (Phi) is 4.02. The highest BCUT2D eigenvalue weighted by atomic mass is 35.5. The molecule has 0 saturated heterocycles. The molecule has 1 N–H and O–H groups in total. The van der Waals surface area contributed by atoms with Crippen molar-refractivity contribution in [3.05, 3.63) is 58.6 Å². The molecular formula is C14H11ClF2O2. The standard InChI is InChI=1S/C14H11ClF2O2/c1-8(18)10-6-5-9(7-11(10)15)19-13-4-2-3-12(16)14(13)17/h2-8,18H,1H3. The summed E-state index contributed by atoms with van der Waals surface area (Å²) in [6.07, 6.45) is -0.715.